The fourth-order valence-corrected chi connectivity index (χ4v) is 2.52. The Hall–Kier alpha value is -0.540. The van der Waals surface area contributed by atoms with Crippen LogP contribution >= 0.6 is 31.9 Å². The summed E-state index contributed by atoms with van der Waals surface area (Å²) in [6, 6.07) is 10.8. The third-order valence-electron chi connectivity index (χ3n) is 2.77. The van der Waals surface area contributed by atoms with Crippen molar-refractivity contribution in [3.63, 3.8) is 0 Å². The molecule has 0 spiro atoms. The van der Waals surface area contributed by atoms with Gasteiger partial charge in [-0.25, -0.2) is 0 Å². The first-order valence-electron chi connectivity index (χ1n) is 5.23. The number of aryl methyl sites for hydroxylation is 1. The number of rotatable bonds is 2. The largest absolute Gasteiger partial charge is 0.337 e. The van der Waals surface area contributed by atoms with Crippen molar-refractivity contribution in [1.29, 1.82) is 0 Å². The molecule has 2 rings (SSSR count). The minimum Gasteiger partial charge on any atom is -0.337 e. The molecule has 0 N–H and O–H groups in total. The van der Waals surface area contributed by atoms with E-state index < -0.39 is 0 Å². The Morgan fingerprint density at radius 1 is 1.12 bits per heavy atom. The van der Waals surface area contributed by atoms with Crippen LogP contribution in [-0.2, 0) is 13.5 Å². The number of aromatic nitrogens is 1. The highest BCUT2D eigenvalue weighted by Gasteiger charge is 2.09. The molecule has 0 fully saturated rings. The lowest BCUT2D eigenvalue weighted by Gasteiger charge is -2.05. The fourth-order valence-electron chi connectivity index (χ4n) is 1.73. The topological polar surface area (TPSA) is 4.93 Å². The van der Waals surface area contributed by atoms with E-state index >= 15 is 0 Å². The van der Waals surface area contributed by atoms with Gasteiger partial charge in [-0.2, -0.15) is 0 Å². The van der Waals surface area contributed by atoms with Gasteiger partial charge >= 0.3 is 0 Å². The number of hydrogen-bond donors (Lipinski definition) is 0. The lowest BCUT2D eigenvalue weighted by Crippen LogP contribution is -1.91. The van der Waals surface area contributed by atoms with Crippen molar-refractivity contribution in [2.45, 2.75) is 13.3 Å². The van der Waals surface area contributed by atoms with Crippen molar-refractivity contribution >= 4 is 31.9 Å². The molecule has 0 aliphatic rings. The second-order valence-corrected chi connectivity index (χ2v) is 5.38. The van der Waals surface area contributed by atoms with Gasteiger partial charge in [-0.1, -0.05) is 31.2 Å². The number of nitrogens with zero attached hydrogens (tertiary/aromatic N) is 1. The Labute approximate surface area is 113 Å². The monoisotopic (exact) mass is 341 g/mol. The molecule has 0 radical (unpaired) electrons. The van der Waals surface area contributed by atoms with Crippen LogP contribution in [0.25, 0.3) is 11.3 Å². The van der Waals surface area contributed by atoms with E-state index in [0.717, 1.165) is 15.5 Å². The van der Waals surface area contributed by atoms with Gasteiger partial charge in [-0.3, -0.25) is 0 Å². The maximum atomic E-state index is 3.54. The number of hydrogen-bond acceptors (Lipinski definition) is 0. The third kappa shape index (κ3) is 2.11. The van der Waals surface area contributed by atoms with Crippen molar-refractivity contribution in [3.05, 3.63) is 45.0 Å². The minimum absolute atomic E-state index is 1.07. The van der Waals surface area contributed by atoms with Gasteiger partial charge in [-0.05, 0) is 55.5 Å². The Morgan fingerprint density at radius 3 is 2.19 bits per heavy atom. The van der Waals surface area contributed by atoms with E-state index in [1.807, 2.05) is 0 Å². The van der Waals surface area contributed by atoms with Gasteiger partial charge in [0.1, 0.15) is 0 Å². The van der Waals surface area contributed by atoms with Gasteiger partial charge in [0.15, 0.2) is 0 Å². The van der Waals surface area contributed by atoms with Gasteiger partial charge in [0.25, 0.3) is 0 Å². The molecule has 2 aromatic rings. The van der Waals surface area contributed by atoms with Crippen molar-refractivity contribution in [2.24, 2.45) is 7.05 Å². The quantitative estimate of drug-likeness (QED) is 0.740. The van der Waals surface area contributed by atoms with Crippen LogP contribution in [0, 0.1) is 0 Å². The Kier molecular flexibility index (Phi) is 3.55. The first-order valence-corrected chi connectivity index (χ1v) is 6.82. The summed E-state index contributed by atoms with van der Waals surface area (Å²) in [5, 5.41) is 0. The summed E-state index contributed by atoms with van der Waals surface area (Å²) in [6.07, 6.45) is 1.08. The van der Waals surface area contributed by atoms with Crippen LogP contribution in [0.2, 0.25) is 0 Å². The van der Waals surface area contributed by atoms with Crippen LogP contribution in [0.1, 0.15) is 12.5 Å². The average molecular weight is 343 g/mol. The van der Waals surface area contributed by atoms with Crippen molar-refractivity contribution in [1.82, 2.24) is 4.57 Å². The lowest BCUT2D eigenvalue weighted by molar-refractivity contribution is 0.908. The van der Waals surface area contributed by atoms with Gasteiger partial charge < -0.3 is 4.57 Å². The molecule has 16 heavy (non-hydrogen) atoms. The molecular formula is C13H13Br2N. The highest BCUT2D eigenvalue weighted by Crippen LogP contribution is 2.32. The zero-order valence-electron chi connectivity index (χ0n) is 9.30. The van der Waals surface area contributed by atoms with E-state index in [4.69, 9.17) is 0 Å². The minimum atomic E-state index is 1.07. The molecule has 0 bridgehead atoms. The van der Waals surface area contributed by atoms with E-state index in [2.05, 4.69) is 80.7 Å². The summed E-state index contributed by atoms with van der Waals surface area (Å²) in [7, 11) is 2.05. The second kappa shape index (κ2) is 4.76. The molecule has 0 aliphatic carbocycles. The number of benzene rings is 1. The van der Waals surface area contributed by atoms with Gasteiger partial charge in [0.2, 0.25) is 0 Å². The van der Waals surface area contributed by atoms with E-state index in [1.54, 1.807) is 0 Å². The molecule has 84 valence electrons. The van der Waals surface area contributed by atoms with E-state index in [1.165, 1.54) is 16.8 Å². The van der Waals surface area contributed by atoms with Gasteiger partial charge in [0.05, 0.1) is 9.08 Å². The Balaban J connectivity index is 2.46. The van der Waals surface area contributed by atoms with E-state index in [-0.39, 0.29) is 0 Å². The molecule has 0 amide bonds. The molecule has 0 saturated heterocycles. The van der Waals surface area contributed by atoms with E-state index in [0.29, 0.717) is 0 Å². The van der Waals surface area contributed by atoms with E-state index in [9.17, 15) is 0 Å². The molecule has 1 nitrogen and oxygen atoms in total. The van der Waals surface area contributed by atoms with Crippen molar-refractivity contribution in [3.8, 4) is 11.3 Å². The third-order valence-corrected chi connectivity index (χ3v) is 4.87. The molecule has 1 aromatic carbocycles. The molecule has 1 aromatic heterocycles. The van der Waals surface area contributed by atoms with Crippen molar-refractivity contribution < 1.29 is 0 Å². The Bertz CT molecular complexity index is 497. The second-order valence-electron chi connectivity index (χ2n) is 3.78. The molecule has 0 unspecified atom stereocenters. The molecule has 3 heteroatoms. The lowest BCUT2D eigenvalue weighted by atomic mass is 10.1. The van der Waals surface area contributed by atoms with Gasteiger partial charge in [-0.15, -0.1) is 0 Å². The summed E-state index contributed by atoms with van der Waals surface area (Å²) in [6.45, 7) is 2.17. The van der Waals surface area contributed by atoms with Crippen molar-refractivity contribution in [2.75, 3.05) is 0 Å². The SMILES string of the molecule is CCc1ccc(-c2cc(Br)c(Br)n2C)cc1. The van der Waals surface area contributed by atoms with Crippen LogP contribution in [0.5, 0.6) is 0 Å². The predicted molar refractivity (Wildman–Crippen MR) is 75.6 cm³/mol. The summed E-state index contributed by atoms with van der Waals surface area (Å²) in [4.78, 5) is 0. The maximum Gasteiger partial charge on any atom is 0.0992 e. The average Bonchev–Trinajstić information content (AvgIpc) is 2.57. The standard InChI is InChI=1S/C13H13Br2N/c1-3-9-4-6-10(7-5-9)12-8-11(14)13(15)16(12)2/h4-8H,3H2,1-2H3. The summed E-state index contributed by atoms with van der Waals surface area (Å²) >= 11 is 7.07. The van der Waals surface area contributed by atoms with Crippen LogP contribution in [0.3, 0.4) is 0 Å². The predicted octanol–water partition coefficient (Wildman–Crippen LogP) is 4.78. The summed E-state index contributed by atoms with van der Waals surface area (Å²) < 4.78 is 4.29. The summed E-state index contributed by atoms with van der Waals surface area (Å²) in [5.74, 6) is 0. The van der Waals surface area contributed by atoms with Crippen LogP contribution in [-0.4, -0.2) is 4.57 Å². The maximum absolute atomic E-state index is 3.54. The zero-order chi connectivity index (χ0) is 11.7. The van der Waals surface area contributed by atoms with Crippen LogP contribution < -0.4 is 0 Å². The normalized spacial score (nSPS) is 10.8. The van der Waals surface area contributed by atoms with Crippen LogP contribution in [0.15, 0.2) is 39.4 Å². The smallest absolute Gasteiger partial charge is 0.0992 e. The molecule has 0 aliphatic heterocycles. The fraction of sp³-hybridized carbons (Fsp3) is 0.231. The highest BCUT2D eigenvalue weighted by atomic mass is 79.9. The number of halogens is 2. The molecule has 0 saturated carbocycles. The molecule has 0 atom stereocenters. The highest BCUT2D eigenvalue weighted by molar-refractivity contribution is 9.13. The van der Waals surface area contributed by atoms with Gasteiger partial charge in [0, 0.05) is 12.7 Å². The zero-order valence-corrected chi connectivity index (χ0v) is 12.5. The first-order chi connectivity index (χ1) is 7.63. The van der Waals surface area contributed by atoms with Crippen LogP contribution in [0.4, 0.5) is 0 Å². The first kappa shape index (κ1) is 11.9. The Morgan fingerprint density at radius 2 is 1.75 bits per heavy atom. The molecule has 1 heterocycles. The summed E-state index contributed by atoms with van der Waals surface area (Å²) in [5.41, 5.74) is 3.82. The molecular weight excluding hydrogens is 330 g/mol.